The molecule has 1 N–H and O–H groups in total. The van der Waals surface area contributed by atoms with Gasteiger partial charge < -0.3 is 14.8 Å². The van der Waals surface area contributed by atoms with Crippen molar-refractivity contribution < 1.29 is 19.1 Å². The van der Waals surface area contributed by atoms with E-state index in [9.17, 15) is 9.59 Å². The molecule has 1 aliphatic rings. The van der Waals surface area contributed by atoms with Crippen LogP contribution in [0.3, 0.4) is 0 Å². The van der Waals surface area contributed by atoms with Gasteiger partial charge in [0.15, 0.2) is 6.61 Å². The van der Waals surface area contributed by atoms with E-state index in [1.807, 2.05) is 30.3 Å². The zero-order valence-corrected chi connectivity index (χ0v) is 16.4. The summed E-state index contributed by atoms with van der Waals surface area (Å²) in [5.41, 5.74) is 0.291. The number of hydrogen-bond donors (Lipinski definition) is 1. The lowest BCUT2D eigenvalue weighted by atomic mass is 9.78. The predicted octanol–water partition coefficient (Wildman–Crippen LogP) is 4.58. The van der Waals surface area contributed by atoms with Crippen LogP contribution in [0.15, 0.2) is 54.6 Å². The van der Waals surface area contributed by atoms with Crippen molar-refractivity contribution in [2.45, 2.75) is 39.2 Å². The van der Waals surface area contributed by atoms with Crippen LogP contribution in [0.2, 0.25) is 0 Å². The van der Waals surface area contributed by atoms with Crippen LogP contribution in [0.4, 0.5) is 0 Å². The Morgan fingerprint density at radius 1 is 1.00 bits per heavy atom. The summed E-state index contributed by atoms with van der Waals surface area (Å²) in [6.45, 7) is 4.08. The number of amides is 1. The van der Waals surface area contributed by atoms with E-state index in [4.69, 9.17) is 9.47 Å². The maximum Gasteiger partial charge on any atom is 0.342 e. The van der Waals surface area contributed by atoms with Crippen LogP contribution >= 0.6 is 0 Å². The zero-order valence-electron chi connectivity index (χ0n) is 16.4. The van der Waals surface area contributed by atoms with Crippen molar-refractivity contribution in [1.29, 1.82) is 0 Å². The van der Waals surface area contributed by atoms with E-state index in [2.05, 4.69) is 19.2 Å². The van der Waals surface area contributed by atoms with Gasteiger partial charge in [0.05, 0.1) is 0 Å². The maximum atomic E-state index is 12.5. The Morgan fingerprint density at radius 3 is 2.50 bits per heavy atom. The SMILES string of the molecule is C[C@@H]1[C@@H](C)CCC[C@H]1NC(=O)COC(=O)c1ccccc1Oc1ccccc1. The molecule has 0 aromatic heterocycles. The van der Waals surface area contributed by atoms with Crippen LogP contribution < -0.4 is 10.1 Å². The van der Waals surface area contributed by atoms with Gasteiger partial charge >= 0.3 is 5.97 Å². The molecule has 1 aliphatic carbocycles. The summed E-state index contributed by atoms with van der Waals surface area (Å²) in [6, 6.07) is 16.2. The second kappa shape index (κ2) is 9.40. The van der Waals surface area contributed by atoms with Crippen LogP contribution in [-0.4, -0.2) is 24.5 Å². The Kier molecular flexibility index (Phi) is 6.69. The highest BCUT2D eigenvalue weighted by molar-refractivity contribution is 5.94. The number of nitrogens with one attached hydrogen (secondary N) is 1. The molecule has 5 nitrogen and oxygen atoms in total. The summed E-state index contributed by atoms with van der Waals surface area (Å²) >= 11 is 0. The van der Waals surface area contributed by atoms with Crippen molar-refractivity contribution >= 4 is 11.9 Å². The van der Waals surface area contributed by atoms with Gasteiger partial charge in [-0.05, 0) is 42.5 Å². The third kappa shape index (κ3) is 5.12. The molecule has 2 aromatic carbocycles. The lowest BCUT2D eigenvalue weighted by Gasteiger charge is -2.34. The summed E-state index contributed by atoms with van der Waals surface area (Å²) in [4.78, 5) is 24.7. The van der Waals surface area contributed by atoms with E-state index < -0.39 is 5.97 Å². The Labute approximate surface area is 166 Å². The number of hydrogen-bond acceptors (Lipinski definition) is 4. The van der Waals surface area contributed by atoms with Crippen LogP contribution in [0, 0.1) is 11.8 Å². The van der Waals surface area contributed by atoms with E-state index in [1.54, 1.807) is 24.3 Å². The number of ether oxygens (including phenoxy) is 2. The van der Waals surface area contributed by atoms with Crippen molar-refractivity contribution in [1.82, 2.24) is 5.32 Å². The normalized spacial score (nSPS) is 21.6. The smallest absolute Gasteiger partial charge is 0.342 e. The van der Waals surface area contributed by atoms with Gasteiger partial charge in [0.25, 0.3) is 5.91 Å². The van der Waals surface area contributed by atoms with Crippen LogP contribution in [0.5, 0.6) is 11.5 Å². The number of carbonyl (C=O) groups excluding carboxylic acids is 2. The number of esters is 1. The lowest BCUT2D eigenvalue weighted by molar-refractivity contribution is -0.125. The molecule has 1 amide bonds. The zero-order chi connectivity index (χ0) is 19.9. The molecule has 5 heteroatoms. The Bertz CT molecular complexity index is 805. The molecule has 1 fully saturated rings. The van der Waals surface area contributed by atoms with E-state index in [0.717, 1.165) is 12.8 Å². The maximum absolute atomic E-state index is 12.5. The molecule has 0 bridgehead atoms. The highest BCUT2D eigenvalue weighted by Crippen LogP contribution is 2.29. The first kappa shape index (κ1) is 19.9. The molecule has 0 aliphatic heterocycles. The fourth-order valence-electron chi connectivity index (χ4n) is 3.58. The molecule has 3 rings (SSSR count). The number of para-hydroxylation sites is 2. The van der Waals surface area contributed by atoms with Crippen LogP contribution in [-0.2, 0) is 9.53 Å². The first-order chi connectivity index (χ1) is 13.5. The van der Waals surface area contributed by atoms with Gasteiger partial charge in [-0.1, -0.05) is 57.0 Å². The van der Waals surface area contributed by atoms with Crippen molar-refractivity contribution in [2.75, 3.05) is 6.61 Å². The minimum atomic E-state index is -0.577. The topological polar surface area (TPSA) is 64.6 Å². The highest BCUT2D eigenvalue weighted by Gasteiger charge is 2.28. The van der Waals surface area contributed by atoms with Gasteiger partial charge in [-0.3, -0.25) is 4.79 Å². The van der Waals surface area contributed by atoms with Gasteiger partial charge in [-0.25, -0.2) is 4.79 Å². The van der Waals surface area contributed by atoms with E-state index >= 15 is 0 Å². The number of benzene rings is 2. The molecule has 0 saturated heterocycles. The summed E-state index contributed by atoms with van der Waals surface area (Å²) in [6.07, 6.45) is 3.28. The first-order valence-corrected chi connectivity index (χ1v) is 9.83. The van der Waals surface area contributed by atoms with Crippen molar-refractivity contribution in [3.8, 4) is 11.5 Å². The molecule has 28 heavy (non-hydrogen) atoms. The fraction of sp³-hybridized carbons (Fsp3) is 0.391. The quantitative estimate of drug-likeness (QED) is 0.744. The third-order valence-corrected chi connectivity index (χ3v) is 5.47. The van der Waals surface area contributed by atoms with Crippen molar-refractivity contribution in [3.05, 3.63) is 60.2 Å². The minimum Gasteiger partial charge on any atom is -0.456 e. The first-order valence-electron chi connectivity index (χ1n) is 9.83. The van der Waals surface area contributed by atoms with Gasteiger partial charge in [0.1, 0.15) is 17.1 Å². The molecule has 3 atom stereocenters. The van der Waals surface area contributed by atoms with Gasteiger partial charge in [-0.2, -0.15) is 0 Å². The summed E-state index contributed by atoms with van der Waals surface area (Å²) in [5.74, 6) is 1.19. The molecule has 1 saturated carbocycles. The van der Waals surface area contributed by atoms with Gasteiger partial charge in [0, 0.05) is 6.04 Å². The molecule has 0 heterocycles. The van der Waals surface area contributed by atoms with E-state index in [0.29, 0.717) is 28.9 Å². The van der Waals surface area contributed by atoms with Crippen molar-refractivity contribution in [2.24, 2.45) is 11.8 Å². The fourth-order valence-corrected chi connectivity index (χ4v) is 3.58. The molecule has 0 radical (unpaired) electrons. The Hall–Kier alpha value is -2.82. The Morgan fingerprint density at radius 2 is 1.71 bits per heavy atom. The second-order valence-corrected chi connectivity index (χ2v) is 7.43. The molecule has 2 aromatic rings. The standard InChI is InChI=1S/C23H27NO4/c1-16-9-8-13-20(17(16)2)24-22(25)15-27-23(26)19-12-6-7-14-21(19)28-18-10-4-3-5-11-18/h3-7,10-12,14,16-17,20H,8-9,13,15H2,1-2H3,(H,24,25)/t16-,17+,20+/m0/s1. The molecular formula is C23H27NO4. The van der Waals surface area contributed by atoms with Crippen molar-refractivity contribution in [3.63, 3.8) is 0 Å². The minimum absolute atomic E-state index is 0.142. The highest BCUT2D eigenvalue weighted by atomic mass is 16.5. The molecule has 0 spiro atoms. The summed E-state index contributed by atoms with van der Waals surface area (Å²) in [5, 5.41) is 3.01. The summed E-state index contributed by atoms with van der Waals surface area (Å²) < 4.78 is 11.0. The molecule has 0 unspecified atom stereocenters. The van der Waals surface area contributed by atoms with Crippen LogP contribution in [0.25, 0.3) is 0 Å². The lowest BCUT2D eigenvalue weighted by Crippen LogP contribution is -2.45. The third-order valence-electron chi connectivity index (χ3n) is 5.47. The largest absolute Gasteiger partial charge is 0.456 e. The second-order valence-electron chi connectivity index (χ2n) is 7.43. The number of carbonyl (C=O) groups is 2. The average Bonchev–Trinajstić information content (AvgIpc) is 2.71. The van der Waals surface area contributed by atoms with Gasteiger partial charge in [-0.15, -0.1) is 0 Å². The average molecular weight is 381 g/mol. The van der Waals surface area contributed by atoms with E-state index in [-0.39, 0.29) is 18.6 Å². The van der Waals surface area contributed by atoms with Crippen LogP contribution in [0.1, 0.15) is 43.5 Å². The summed E-state index contributed by atoms with van der Waals surface area (Å²) in [7, 11) is 0. The molecular weight excluding hydrogens is 354 g/mol. The predicted molar refractivity (Wildman–Crippen MR) is 107 cm³/mol. The monoisotopic (exact) mass is 381 g/mol. The van der Waals surface area contributed by atoms with E-state index in [1.165, 1.54) is 6.42 Å². The Balaban J connectivity index is 1.57. The molecule has 148 valence electrons. The number of rotatable bonds is 6. The van der Waals surface area contributed by atoms with Gasteiger partial charge in [0.2, 0.25) is 0 Å².